The van der Waals surface area contributed by atoms with Gasteiger partial charge < -0.3 is 14.8 Å². The van der Waals surface area contributed by atoms with Crippen molar-refractivity contribution in [1.82, 2.24) is 5.32 Å². The Bertz CT molecular complexity index is 3370. The molecule has 3 aliphatic carbocycles. The number of fused-ring (bicyclic) bond motifs is 9. The third kappa shape index (κ3) is 5.76. The molecule has 0 saturated heterocycles. The average molecular weight is 850 g/mol. The van der Waals surface area contributed by atoms with Gasteiger partial charge in [-0.15, -0.1) is 0 Å². The minimum atomic E-state index is -0.534. The number of hydrogen-bond donors (Lipinski definition) is 1. The molecule has 0 radical (unpaired) electrons. The fourth-order valence-electron chi connectivity index (χ4n) is 11.6. The molecule has 0 bridgehead atoms. The summed E-state index contributed by atoms with van der Waals surface area (Å²) in [5.74, 6) is 2.90. The summed E-state index contributed by atoms with van der Waals surface area (Å²) in [7, 11) is 0. The van der Waals surface area contributed by atoms with Crippen LogP contribution in [-0.2, 0) is 10.8 Å². The predicted octanol–water partition coefficient (Wildman–Crippen LogP) is 15.7. The van der Waals surface area contributed by atoms with Gasteiger partial charge in [0.05, 0.1) is 11.5 Å². The molecule has 2 heterocycles. The molecule has 0 amide bonds. The molecule has 3 heteroatoms. The van der Waals surface area contributed by atoms with E-state index < -0.39 is 5.41 Å². The van der Waals surface area contributed by atoms with Crippen molar-refractivity contribution in [2.75, 3.05) is 0 Å². The summed E-state index contributed by atoms with van der Waals surface area (Å²) in [5.41, 5.74) is 20.2. The van der Waals surface area contributed by atoms with Gasteiger partial charge in [0.15, 0.2) is 23.0 Å². The number of dihydropyridines is 1. The fourth-order valence-corrected chi connectivity index (χ4v) is 11.6. The molecule has 66 heavy (non-hydrogen) atoms. The van der Waals surface area contributed by atoms with Crippen LogP contribution in [0, 0.1) is 0 Å². The van der Waals surface area contributed by atoms with Crippen LogP contribution in [0.3, 0.4) is 0 Å². The monoisotopic (exact) mass is 849 g/mol. The Morgan fingerprint density at radius 3 is 1.86 bits per heavy atom. The molecule has 0 saturated carbocycles. The first-order valence-corrected chi connectivity index (χ1v) is 23.3. The number of ether oxygens (including phenoxy) is 2. The van der Waals surface area contributed by atoms with Crippen molar-refractivity contribution < 1.29 is 9.47 Å². The van der Waals surface area contributed by atoms with Gasteiger partial charge in [0.1, 0.15) is 0 Å². The summed E-state index contributed by atoms with van der Waals surface area (Å²) in [5, 5.41) is 3.99. The van der Waals surface area contributed by atoms with Gasteiger partial charge in [-0.05, 0) is 127 Å². The van der Waals surface area contributed by atoms with Crippen molar-refractivity contribution in [3.8, 4) is 45.3 Å². The van der Waals surface area contributed by atoms with Crippen LogP contribution in [-0.4, -0.2) is 0 Å². The lowest BCUT2D eigenvalue weighted by atomic mass is 9.68. The topological polar surface area (TPSA) is 30.5 Å². The number of nitrogens with one attached hydrogen (secondary N) is 1. The quantitative estimate of drug-likeness (QED) is 0.181. The molecule has 13 rings (SSSR count). The van der Waals surface area contributed by atoms with E-state index in [1.54, 1.807) is 0 Å². The lowest BCUT2D eigenvalue weighted by Gasteiger charge is -2.34. The van der Waals surface area contributed by atoms with E-state index in [2.05, 4.69) is 232 Å². The number of benzene rings is 8. The van der Waals surface area contributed by atoms with Gasteiger partial charge in [0.25, 0.3) is 0 Å². The molecular weight excluding hydrogens is 803 g/mol. The maximum atomic E-state index is 7.17. The third-order valence-corrected chi connectivity index (χ3v) is 14.7. The highest BCUT2D eigenvalue weighted by atomic mass is 16.6. The second kappa shape index (κ2) is 14.8. The van der Waals surface area contributed by atoms with Crippen molar-refractivity contribution in [3.63, 3.8) is 0 Å². The van der Waals surface area contributed by atoms with E-state index in [-0.39, 0.29) is 11.5 Å². The Hall–Kier alpha value is -7.88. The zero-order chi connectivity index (χ0) is 44.0. The van der Waals surface area contributed by atoms with Crippen molar-refractivity contribution in [3.05, 3.63) is 274 Å². The smallest absolute Gasteiger partial charge is 0.178 e. The largest absolute Gasteiger partial charge is 0.449 e. The number of allylic oxidation sites excluding steroid dienone is 5. The van der Waals surface area contributed by atoms with E-state index in [0.717, 1.165) is 46.7 Å². The minimum absolute atomic E-state index is 0.00984. The van der Waals surface area contributed by atoms with E-state index in [0.29, 0.717) is 11.5 Å². The van der Waals surface area contributed by atoms with Crippen LogP contribution in [0.15, 0.2) is 224 Å². The molecule has 1 atom stereocenters. The van der Waals surface area contributed by atoms with Gasteiger partial charge in [-0.25, -0.2) is 0 Å². The van der Waals surface area contributed by atoms with Gasteiger partial charge in [-0.2, -0.15) is 0 Å². The molecule has 316 valence electrons. The first-order chi connectivity index (χ1) is 32.5. The Labute approximate surface area is 386 Å². The zero-order valence-electron chi connectivity index (χ0n) is 37.0. The third-order valence-electron chi connectivity index (χ3n) is 14.7. The second-order valence-corrected chi connectivity index (χ2v) is 18.7. The lowest BCUT2D eigenvalue weighted by Crippen LogP contribution is -2.28. The van der Waals surface area contributed by atoms with Gasteiger partial charge in [-0.3, -0.25) is 0 Å². The summed E-state index contributed by atoms with van der Waals surface area (Å²) in [6.45, 7) is 4.72. The van der Waals surface area contributed by atoms with Crippen LogP contribution in [0.2, 0.25) is 0 Å². The van der Waals surface area contributed by atoms with Crippen LogP contribution in [0.5, 0.6) is 23.0 Å². The van der Waals surface area contributed by atoms with Gasteiger partial charge >= 0.3 is 0 Å². The van der Waals surface area contributed by atoms with Crippen molar-refractivity contribution in [1.29, 1.82) is 0 Å². The average Bonchev–Trinajstić information content (AvgIpc) is 3.82. The van der Waals surface area contributed by atoms with Crippen LogP contribution in [0.4, 0.5) is 0 Å². The molecule has 0 aromatic heterocycles. The van der Waals surface area contributed by atoms with E-state index in [1.807, 2.05) is 0 Å². The van der Waals surface area contributed by atoms with E-state index >= 15 is 0 Å². The summed E-state index contributed by atoms with van der Waals surface area (Å²) in [6.07, 6.45) is 11.5. The summed E-state index contributed by atoms with van der Waals surface area (Å²) in [4.78, 5) is 0. The molecular formula is C63H47NO2. The van der Waals surface area contributed by atoms with Crippen molar-refractivity contribution in [2.24, 2.45) is 0 Å². The molecule has 5 aliphatic rings. The standard InChI is InChI=1S/C63H47NO2/c1-62(2)51-28-16-14-25-47(51)48-32-30-41(36-54(48)62)43-37-55(40-18-6-3-7-19-40)64-56(38-43)49-26-13-12-24-46(49)42-31-34-57-59(39-42)66-61-58(65-57)35-33-53-60(61)50-27-15-17-29-52(50)63(53,44-20-8-4-9-21-44)45-22-10-5-11-23-45/h3-11,14-39,55,64H,12-13H2,1-2H3. The fraction of sp³-hybridized carbons (Fsp3) is 0.111. The Morgan fingerprint density at radius 2 is 1.11 bits per heavy atom. The Balaban J connectivity index is 0.892. The van der Waals surface area contributed by atoms with Crippen LogP contribution >= 0.6 is 0 Å². The first-order valence-electron chi connectivity index (χ1n) is 23.3. The van der Waals surface area contributed by atoms with E-state index in [1.165, 1.54) is 72.4 Å². The molecule has 1 unspecified atom stereocenters. The van der Waals surface area contributed by atoms with Gasteiger partial charge in [-0.1, -0.05) is 190 Å². The van der Waals surface area contributed by atoms with E-state index in [9.17, 15) is 0 Å². The molecule has 3 nitrogen and oxygen atoms in total. The lowest BCUT2D eigenvalue weighted by molar-refractivity contribution is 0.360. The zero-order valence-corrected chi connectivity index (χ0v) is 37.0. The molecule has 1 N–H and O–H groups in total. The van der Waals surface area contributed by atoms with Crippen LogP contribution in [0.25, 0.3) is 33.4 Å². The first kappa shape index (κ1) is 38.6. The maximum absolute atomic E-state index is 7.17. The van der Waals surface area contributed by atoms with Crippen LogP contribution in [0.1, 0.15) is 82.8 Å². The molecule has 2 aliphatic heterocycles. The summed E-state index contributed by atoms with van der Waals surface area (Å²) < 4.78 is 14.0. The predicted molar refractivity (Wildman–Crippen MR) is 268 cm³/mol. The molecule has 8 aromatic rings. The molecule has 0 fully saturated rings. The number of hydrogen-bond acceptors (Lipinski definition) is 3. The highest BCUT2D eigenvalue weighted by Gasteiger charge is 2.48. The maximum Gasteiger partial charge on any atom is 0.178 e. The highest BCUT2D eigenvalue weighted by molar-refractivity contribution is 5.93. The van der Waals surface area contributed by atoms with Crippen molar-refractivity contribution in [2.45, 2.75) is 43.6 Å². The molecule has 8 aromatic carbocycles. The normalized spacial score (nSPS) is 17.6. The highest BCUT2D eigenvalue weighted by Crippen LogP contribution is 2.62. The van der Waals surface area contributed by atoms with Crippen LogP contribution < -0.4 is 14.8 Å². The summed E-state index contributed by atoms with van der Waals surface area (Å²) >= 11 is 0. The van der Waals surface area contributed by atoms with Gasteiger partial charge in [0.2, 0.25) is 0 Å². The Kier molecular flexibility index (Phi) is 8.67. The number of rotatable bonds is 6. The van der Waals surface area contributed by atoms with Crippen molar-refractivity contribution >= 4 is 11.1 Å². The SMILES string of the molecule is CC1(C)c2ccccc2-c2ccc(C3=CC(c4ccccc4)NC(C4=CCCC=C4c4ccc5c(c4)Oc4c(ccc6c4-c4ccccc4C6(c4ccccc4)c4ccccc4)O5)=C3)cc21. The second-order valence-electron chi connectivity index (χ2n) is 18.7. The van der Waals surface area contributed by atoms with Gasteiger partial charge in [0, 0.05) is 22.2 Å². The van der Waals surface area contributed by atoms with E-state index in [4.69, 9.17) is 9.47 Å². The summed E-state index contributed by atoms with van der Waals surface area (Å²) in [6, 6.07) is 68.1. The minimum Gasteiger partial charge on any atom is -0.449 e. The Morgan fingerprint density at radius 1 is 0.485 bits per heavy atom. The molecule has 0 spiro atoms.